The van der Waals surface area contributed by atoms with Gasteiger partial charge in [0.1, 0.15) is 18.3 Å². The topological polar surface area (TPSA) is 56.8 Å². The molecule has 1 aromatic rings. The highest BCUT2D eigenvalue weighted by molar-refractivity contribution is 5.95. The minimum atomic E-state index is -0.348. The third kappa shape index (κ3) is 1.93. The minimum absolute atomic E-state index is 0.116. The smallest absolute Gasteiger partial charge is 0.342 e. The molecule has 17 heavy (non-hydrogen) atoms. The Kier molecular flexibility index (Phi) is 2.60. The monoisotopic (exact) mass is 235 g/mol. The first-order valence-electron chi connectivity index (χ1n) is 5.63. The van der Waals surface area contributed by atoms with E-state index in [-0.39, 0.29) is 12.1 Å². The highest BCUT2D eigenvalue weighted by atomic mass is 16.6. The van der Waals surface area contributed by atoms with Crippen molar-refractivity contribution in [1.29, 1.82) is 0 Å². The van der Waals surface area contributed by atoms with Crippen LogP contribution in [-0.2, 0) is 9.47 Å². The van der Waals surface area contributed by atoms with Gasteiger partial charge in [0.2, 0.25) is 0 Å². The summed E-state index contributed by atoms with van der Waals surface area (Å²) < 4.78 is 15.7. The summed E-state index contributed by atoms with van der Waals surface area (Å²) >= 11 is 0. The number of anilines is 1. The molecule has 0 saturated carbocycles. The van der Waals surface area contributed by atoms with E-state index < -0.39 is 0 Å². The maximum Gasteiger partial charge on any atom is 0.342 e. The van der Waals surface area contributed by atoms with Crippen molar-refractivity contribution in [3.05, 3.63) is 23.8 Å². The first kappa shape index (κ1) is 10.4. The fourth-order valence-corrected chi connectivity index (χ4v) is 1.83. The fraction of sp³-hybridized carbons (Fsp3) is 0.417. The molecule has 3 rings (SSSR count). The number of esters is 1. The third-order valence-electron chi connectivity index (χ3n) is 2.78. The molecule has 2 aliphatic heterocycles. The molecule has 2 aliphatic rings. The Morgan fingerprint density at radius 3 is 3.06 bits per heavy atom. The number of ether oxygens (including phenoxy) is 3. The van der Waals surface area contributed by atoms with Gasteiger partial charge in [-0.2, -0.15) is 0 Å². The summed E-state index contributed by atoms with van der Waals surface area (Å²) in [6.45, 7) is 2.28. The highest BCUT2D eigenvalue weighted by Crippen LogP contribution is 2.31. The van der Waals surface area contributed by atoms with Crippen LogP contribution in [0.4, 0.5) is 5.69 Å². The highest BCUT2D eigenvalue weighted by Gasteiger charge is 2.26. The van der Waals surface area contributed by atoms with Gasteiger partial charge in [-0.1, -0.05) is 6.07 Å². The van der Waals surface area contributed by atoms with E-state index in [1.54, 1.807) is 6.07 Å². The Morgan fingerprint density at radius 2 is 2.29 bits per heavy atom. The third-order valence-corrected chi connectivity index (χ3v) is 2.78. The van der Waals surface area contributed by atoms with Crippen LogP contribution in [0.25, 0.3) is 0 Å². The van der Waals surface area contributed by atoms with Crippen LogP contribution in [0, 0.1) is 0 Å². The Hall–Kier alpha value is -1.75. The van der Waals surface area contributed by atoms with Crippen LogP contribution < -0.4 is 10.1 Å². The van der Waals surface area contributed by atoms with Gasteiger partial charge >= 0.3 is 5.97 Å². The van der Waals surface area contributed by atoms with E-state index in [1.165, 1.54) is 0 Å². The molecule has 1 aromatic carbocycles. The SMILES string of the molecule is O=C(OC1COC1)c1cccc2c1OCCN2. The van der Waals surface area contributed by atoms with E-state index in [0.29, 0.717) is 31.1 Å². The van der Waals surface area contributed by atoms with E-state index in [4.69, 9.17) is 14.2 Å². The van der Waals surface area contributed by atoms with E-state index in [0.717, 1.165) is 12.2 Å². The molecule has 1 N–H and O–H groups in total. The maximum absolute atomic E-state index is 11.9. The van der Waals surface area contributed by atoms with Crippen LogP contribution in [0.3, 0.4) is 0 Å². The molecule has 1 saturated heterocycles. The first-order chi connectivity index (χ1) is 8.34. The van der Waals surface area contributed by atoms with Gasteiger partial charge in [0.05, 0.1) is 18.9 Å². The van der Waals surface area contributed by atoms with E-state index >= 15 is 0 Å². The Labute approximate surface area is 98.7 Å². The zero-order valence-electron chi connectivity index (χ0n) is 9.27. The van der Waals surface area contributed by atoms with Gasteiger partial charge in [0, 0.05) is 6.54 Å². The molecule has 0 atom stereocenters. The van der Waals surface area contributed by atoms with Crippen molar-refractivity contribution in [3.8, 4) is 5.75 Å². The normalized spacial score (nSPS) is 18.4. The van der Waals surface area contributed by atoms with E-state index in [9.17, 15) is 4.79 Å². The lowest BCUT2D eigenvalue weighted by Crippen LogP contribution is -2.38. The van der Waals surface area contributed by atoms with Crippen LogP contribution in [0.15, 0.2) is 18.2 Å². The molecule has 0 aliphatic carbocycles. The van der Waals surface area contributed by atoms with Crippen LogP contribution in [0.2, 0.25) is 0 Å². The lowest BCUT2D eigenvalue weighted by Gasteiger charge is -2.26. The zero-order valence-corrected chi connectivity index (χ0v) is 9.27. The second kappa shape index (κ2) is 4.25. The molecule has 1 fully saturated rings. The largest absolute Gasteiger partial charge is 0.489 e. The number of fused-ring (bicyclic) bond motifs is 1. The van der Waals surface area contributed by atoms with Crippen LogP contribution in [-0.4, -0.2) is 38.4 Å². The minimum Gasteiger partial charge on any atom is -0.489 e. The van der Waals surface area contributed by atoms with Crippen molar-refractivity contribution in [1.82, 2.24) is 0 Å². The Morgan fingerprint density at radius 1 is 1.41 bits per heavy atom. The predicted molar refractivity (Wildman–Crippen MR) is 60.4 cm³/mol. The Balaban J connectivity index is 1.83. The molecule has 0 aromatic heterocycles. The zero-order chi connectivity index (χ0) is 11.7. The number of hydrogen-bond acceptors (Lipinski definition) is 5. The lowest BCUT2D eigenvalue weighted by atomic mass is 10.1. The summed E-state index contributed by atoms with van der Waals surface area (Å²) in [5, 5.41) is 3.18. The molecule has 0 unspecified atom stereocenters. The van der Waals surface area contributed by atoms with Crippen molar-refractivity contribution >= 4 is 11.7 Å². The van der Waals surface area contributed by atoms with Crippen molar-refractivity contribution in [2.45, 2.75) is 6.10 Å². The molecular formula is C12H13NO4. The van der Waals surface area contributed by atoms with Crippen LogP contribution in [0.5, 0.6) is 5.75 Å². The number of rotatable bonds is 2. The summed E-state index contributed by atoms with van der Waals surface area (Å²) in [7, 11) is 0. The number of para-hydroxylation sites is 1. The molecule has 0 bridgehead atoms. The molecular weight excluding hydrogens is 222 g/mol. The van der Waals surface area contributed by atoms with Crippen LogP contribution in [0.1, 0.15) is 10.4 Å². The van der Waals surface area contributed by atoms with Crippen LogP contribution >= 0.6 is 0 Å². The number of hydrogen-bond donors (Lipinski definition) is 1. The van der Waals surface area contributed by atoms with Crippen molar-refractivity contribution in [3.63, 3.8) is 0 Å². The quantitative estimate of drug-likeness (QED) is 0.776. The van der Waals surface area contributed by atoms with E-state index in [2.05, 4.69) is 5.32 Å². The molecule has 5 nitrogen and oxygen atoms in total. The number of carbonyl (C=O) groups excluding carboxylic acids is 1. The number of nitrogens with one attached hydrogen (secondary N) is 1. The second-order valence-electron chi connectivity index (χ2n) is 4.02. The van der Waals surface area contributed by atoms with Gasteiger partial charge in [-0.3, -0.25) is 0 Å². The summed E-state index contributed by atoms with van der Waals surface area (Å²) in [6.07, 6.45) is -0.116. The molecule has 5 heteroatoms. The van der Waals surface area contributed by atoms with Gasteiger partial charge in [-0.05, 0) is 12.1 Å². The second-order valence-corrected chi connectivity index (χ2v) is 4.02. The summed E-state index contributed by atoms with van der Waals surface area (Å²) in [5.74, 6) is 0.239. The fourth-order valence-electron chi connectivity index (χ4n) is 1.83. The first-order valence-corrected chi connectivity index (χ1v) is 5.63. The molecule has 0 radical (unpaired) electrons. The van der Waals surface area contributed by atoms with Crippen molar-refractivity contribution in [2.75, 3.05) is 31.7 Å². The molecule has 2 heterocycles. The average molecular weight is 235 g/mol. The van der Waals surface area contributed by atoms with Crippen molar-refractivity contribution < 1.29 is 19.0 Å². The summed E-state index contributed by atoms with van der Waals surface area (Å²) in [6, 6.07) is 5.42. The van der Waals surface area contributed by atoms with Gasteiger partial charge in [0.15, 0.2) is 5.75 Å². The van der Waals surface area contributed by atoms with Crippen molar-refractivity contribution in [2.24, 2.45) is 0 Å². The van der Waals surface area contributed by atoms with Gasteiger partial charge < -0.3 is 19.5 Å². The number of benzene rings is 1. The maximum atomic E-state index is 11.9. The standard InChI is InChI=1S/C12H13NO4/c14-12(17-8-6-15-7-8)9-2-1-3-10-11(9)16-5-4-13-10/h1-3,8,13H,4-7H2. The predicted octanol–water partition coefficient (Wildman–Crippen LogP) is 1.05. The van der Waals surface area contributed by atoms with E-state index in [1.807, 2.05) is 12.1 Å². The lowest BCUT2D eigenvalue weighted by molar-refractivity contribution is -0.103. The average Bonchev–Trinajstić information content (AvgIpc) is 2.33. The molecule has 90 valence electrons. The van der Waals surface area contributed by atoms with Gasteiger partial charge in [-0.15, -0.1) is 0 Å². The van der Waals surface area contributed by atoms with Gasteiger partial charge in [0.25, 0.3) is 0 Å². The molecule has 0 amide bonds. The Bertz CT molecular complexity index is 442. The summed E-state index contributed by atoms with van der Waals surface area (Å²) in [5.41, 5.74) is 1.32. The summed E-state index contributed by atoms with van der Waals surface area (Å²) in [4.78, 5) is 11.9. The molecule has 0 spiro atoms. The van der Waals surface area contributed by atoms with Gasteiger partial charge in [-0.25, -0.2) is 4.79 Å². The number of carbonyl (C=O) groups is 1.